The molecule has 0 aliphatic rings. The molecule has 0 aliphatic carbocycles. The zero-order valence-corrected chi connectivity index (χ0v) is 30.6. The Balaban J connectivity index is 0.000000621. The number of esters is 2. The first-order valence-corrected chi connectivity index (χ1v) is 15.9. The predicted octanol–water partition coefficient (Wildman–Crippen LogP) is -1.66. The summed E-state index contributed by atoms with van der Waals surface area (Å²) >= 11 is 0. The zero-order valence-electron chi connectivity index (χ0n) is 30.6. The van der Waals surface area contributed by atoms with Crippen LogP contribution in [0.5, 0.6) is 0 Å². The molecule has 0 radical (unpaired) electrons. The molecule has 2 aromatic rings. The topological polar surface area (TPSA) is 301 Å². The number of nitrogens with zero attached hydrogens (tertiary/aromatic N) is 9. The van der Waals surface area contributed by atoms with E-state index in [0.717, 1.165) is 18.2 Å². The van der Waals surface area contributed by atoms with Gasteiger partial charge in [-0.2, -0.15) is 41.3 Å². The number of rotatable bonds is 23. The van der Waals surface area contributed by atoms with Crippen molar-refractivity contribution in [2.75, 3.05) is 19.9 Å². The number of aliphatic imine (C=N–C) groups is 3. The summed E-state index contributed by atoms with van der Waals surface area (Å²) in [7, 11) is 0. The fourth-order valence-corrected chi connectivity index (χ4v) is 4.05. The molecule has 0 aliphatic heterocycles. The fourth-order valence-electron chi connectivity index (χ4n) is 4.05. The van der Waals surface area contributed by atoms with Crippen molar-refractivity contribution in [2.45, 2.75) is 84.0 Å². The molecule has 62 heavy (non-hydrogen) atoms. The van der Waals surface area contributed by atoms with Gasteiger partial charge in [0.25, 0.3) is 0 Å². The van der Waals surface area contributed by atoms with Gasteiger partial charge < -0.3 is 9.47 Å². The van der Waals surface area contributed by atoms with Gasteiger partial charge in [0, 0.05) is 19.6 Å². The highest BCUT2D eigenvalue weighted by Crippen LogP contribution is 2.29. The van der Waals surface area contributed by atoms with Crippen molar-refractivity contribution in [3.05, 3.63) is 62.9 Å². The number of alkyl halides is 9. The van der Waals surface area contributed by atoms with Crippen LogP contribution in [0.3, 0.4) is 0 Å². The summed E-state index contributed by atoms with van der Waals surface area (Å²) in [6.07, 6.45) is -18.4. The number of ether oxygens (including phenoxy) is 4. The van der Waals surface area contributed by atoms with Gasteiger partial charge in [-0.15, -0.1) is 8.78 Å². The van der Waals surface area contributed by atoms with E-state index < -0.39 is 137 Å². The van der Waals surface area contributed by atoms with Gasteiger partial charge in [-0.1, -0.05) is 4.94 Å². The largest absolute Gasteiger partial charge is 0.521 e. The minimum atomic E-state index is -5.30. The van der Waals surface area contributed by atoms with Crippen LogP contribution in [0.4, 0.5) is 44.0 Å². The van der Waals surface area contributed by atoms with Crippen LogP contribution >= 0.6 is 0 Å². The highest BCUT2D eigenvalue weighted by Gasteiger charge is 2.48. The van der Waals surface area contributed by atoms with Crippen LogP contribution in [-0.4, -0.2) is 102 Å². The number of halogens is 10. The molecule has 0 amide bonds. The second kappa shape index (κ2) is 23.2. The lowest BCUT2D eigenvalue weighted by molar-refractivity contribution is -0.517. The van der Waals surface area contributed by atoms with E-state index in [-0.39, 0.29) is 20.2 Å². The molecule has 0 N–H and O–H groups in total. The van der Waals surface area contributed by atoms with Crippen molar-refractivity contribution in [2.24, 2.45) is 15.0 Å². The molecule has 0 atom stereocenters. The lowest BCUT2D eigenvalue weighted by Gasteiger charge is -2.21. The van der Waals surface area contributed by atoms with E-state index >= 15 is 0 Å². The normalized spacial score (nSPS) is 11.6. The molecule has 0 unspecified atom stereocenters. The van der Waals surface area contributed by atoms with E-state index in [9.17, 15) is 96.8 Å². The molecular formula is C27H25F10N9O16. The average molecular weight is 922 g/mol. The fraction of sp³-hybridized carbons (Fsp3) is 0.593. The smallest absolute Gasteiger partial charge is 0.456 e. The van der Waals surface area contributed by atoms with Crippen molar-refractivity contribution in [1.29, 1.82) is 0 Å². The molecular weight excluding hydrogens is 896 g/mol. The number of aromatic nitrogens is 6. The standard InChI is InChI=1S/C14H12F5N5O8.C13H13F5N4O8/c15-3-13(16,17)32-14(18,19)4-31-9(27)1-2-22-10(28)23(5-20-7-25)12(30)24(11(22)29)6-21-8-26;1-2-20-9(25)21(11(27)22(10(20)26)6-19-7-23)4-3-8(24)28-5-12(14,15)29-13(16,17)30-18/h1-6H2;2-6H2,1H3. The number of hydrogen-bond donors (Lipinski definition) is 0. The van der Waals surface area contributed by atoms with Crippen LogP contribution in [0.25, 0.3) is 0 Å². The van der Waals surface area contributed by atoms with E-state index in [1.165, 1.54) is 6.92 Å². The summed E-state index contributed by atoms with van der Waals surface area (Å²) in [5, 5.41) is 0. The van der Waals surface area contributed by atoms with Crippen LogP contribution in [0.15, 0.2) is 43.7 Å². The Morgan fingerprint density at radius 1 is 0.548 bits per heavy atom. The lowest BCUT2D eigenvalue weighted by Crippen LogP contribution is -2.54. The second-order valence-corrected chi connectivity index (χ2v) is 10.8. The molecule has 344 valence electrons. The van der Waals surface area contributed by atoms with E-state index in [4.69, 9.17) is 0 Å². The van der Waals surface area contributed by atoms with Crippen molar-refractivity contribution >= 4 is 30.2 Å². The van der Waals surface area contributed by atoms with Gasteiger partial charge in [0.15, 0.2) is 19.9 Å². The van der Waals surface area contributed by atoms with Crippen molar-refractivity contribution in [1.82, 2.24) is 27.4 Å². The Morgan fingerprint density at radius 3 is 1.19 bits per heavy atom. The highest BCUT2D eigenvalue weighted by atomic mass is 19.4. The Labute approximate surface area is 331 Å². The third-order valence-corrected chi connectivity index (χ3v) is 6.61. The molecule has 0 fully saturated rings. The molecule has 0 bridgehead atoms. The van der Waals surface area contributed by atoms with Crippen molar-refractivity contribution < 1.29 is 91.9 Å². The summed E-state index contributed by atoms with van der Waals surface area (Å²) in [5.74, 6) is -3.01. The van der Waals surface area contributed by atoms with Crippen molar-refractivity contribution in [3.8, 4) is 0 Å². The lowest BCUT2D eigenvalue weighted by atomic mass is 10.4. The van der Waals surface area contributed by atoms with Gasteiger partial charge >= 0.3 is 70.7 Å². The van der Waals surface area contributed by atoms with Crippen LogP contribution in [-0.2, 0) is 87.5 Å². The van der Waals surface area contributed by atoms with Gasteiger partial charge in [-0.05, 0) is 11.4 Å². The molecule has 0 aromatic carbocycles. The maximum atomic E-state index is 13.2. The number of isocyanates is 3. The molecule has 0 spiro atoms. The molecule has 25 nitrogen and oxygen atoms in total. The molecule has 0 saturated carbocycles. The quantitative estimate of drug-likeness (QED) is 0.0396. The molecule has 2 rings (SSSR count). The molecule has 2 heterocycles. The van der Waals surface area contributed by atoms with Gasteiger partial charge in [0.2, 0.25) is 18.2 Å². The van der Waals surface area contributed by atoms with E-state index in [1.54, 1.807) is 0 Å². The van der Waals surface area contributed by atoms with Crippen LogP contribution in [0, 0.1) is 0 Å². The monoisotopic (exact) mass is 921 g/mol. The summed E-state index contributed by atoms with van der Waals surface area (Å²) in [6, 6.07) is 0. The van der Waals surface area contributed by atoms with E-state index in [0.29, 0.717) is 13.7 Å². The second-order valence-electron chi connectivity index (χ2n) is 10.8. The average Bonchev–Trinajstić information content (AvgIpc) is 3.19. The summed E-state index contributed by atoms with van der Waals surface area (Å²) in [6.45, 7) is -9.72. The zero-order chi connectivity index (χ0) is 47.6. The van der Waals surface area contributed by atoms with Gasteiger partial charge in [-0.25, -0.2) is 79.7 Å². The van der Waals surface area contributed by atoms with Crippen molar-refractivity contribution in [3.63, 3.8) is 0 Å². The number of carbonyl (C=O) groups excluding carboxylic acids is 5. The Morgan fingerprint density at radius 2 is 0.871 bits per heavy atom. The summed E-state index contributed by atoms with van der Waals surface area (Å²) in [5.41, 5.74) is -7.61. The number of hydrogen-bond acceptors (Lipinski definition) is 19. The molecule has 2 aromatic heterocycles. The van der Waals surface area contributed by atoms with Gasteiger partial charge in [-0.3, -0.25) is 14.3 Å². The first-order chi connectivity index (χ1) is 28.8. The van der Waals surface area contributed by atoms with Crippen LogP contribution < -0.4 is 34.1 Å². The first kappa shape index (κ1) is 53.1. The maximum Gasteiger partial charge on any atom is 0.521 e. The summed E-state index contributed by atoms with van der Waals surface area (Å²) < 4.78 is 141. The number of carbonyl (C=O) groups is 2. The highest BCUT2D eigenvalue weighted by molar-refractivity contribution is 5.69. The summed E-state index contributed by atoms with van der Waals surface area (Å²) in [4.78, 5) is 138. The van der Waals surface area contributed by atoms with E-state index in [2.05, 4.69) is 33.9 Å². The van der Waals surface area contributed by atoms with Crippen LogP contribution in [0.2, 0.25) is 0 Å². The first-order valence-electron chi connectivity index (χ1n) is 15.9. The third-order valence-electron chi connectivity index (χ3n) is 6.61. The van der Waals surface area contributed by atoms with Gasteiger partial charge in [0.05, 0.1) is 12.8 Å². The van der Waals surface area contributed by atoms with Gasteiger partial charge in [0.1, 0.15) is 20.0 Å². The SMILES string of the molecule is CCn1c(=O)n(CCC(=O)OCC(F)(F)OC(F)(F)OF)c(=O)n(CN=C=O)c1=O.O=C=NCn1c(=O)n(CCC(=O)OCC(F)(F)OC(F)(F)CF)c(=O)n(CN=C=O)c1=O. The molecule has 0 saturated heterocycles. The Bertz CT molecular complexity index is 2380. The maximum absolute atomic E-state index is 13.2. The Hall–Kier alpha value is -6.92. The predicted molar refractivity (Wildman–Crippen MR) is 170 cm³/mol. The minimum Gasteiger partial charge on any atom is -0.456 e. The van der Waals surface area contributed by atoms with Crippen LogP contribution in [0.1, 0.15) is 19.8 Å². The third kappa shape index (κ3) is 15.9. The Kier molecular flexibility index (Phi) is 19.8. The van der Waals surface area contributed by atoms with E-state index in [1.807, 2.05) is 4.94 Å². The minimum absolute atomic E-state index is 0.207. The molecule has 35 heteroatoms.